The summed E-state index contributed by atoms with van der Waals surface area (Å²) in [5.74, 6) is -0.0330. The number of nitrogens with zero attached hydrogens (tertiary/aromatic N) is 4. The van der Waals surface area contributed by atoms with Gasteiger partial charge >= 0.3 is 0 Å². The first-order chi connectivity index (χ1) is 12.6. The predicted molar refractivity (Wildman–Crippen MR) is 91.9 cm³/mol. The van der Waals surface area contributed by atoms with Crippen molar-refractivity contribution in [3.8, 4) is 11.4 Å². The molecular weight excluding hydrogens is 334 g/mol. The first-order valence-electron chi connectivity index (χ1n) is 8.37. The second-order valence-corrected chi connectivity index (χ2v) is 6.23. The molecule has 3 amide bonds. The number of nitrogens with one attached hydrogen (secondary N) is 1. The minimum absolute atomic E-state index is 0.0259. The van der Waals surface area contributed by atoms with Gasteiger partial charge in [-0.25, -0.2) is 9.97 Å². The van der Waals surface area contributed by atoms with Crippen molar-refractivity contribution in [1.29, 1.82) is 0 Å². The molecule has 0 bridgehead atoms. The highest BCUT2D eigenvalue weighted by atomic mass is 16.2. The van der Waals surface area contributed by atoms with E-state index >= 15 is 0 Å². The average molecular weight is 351 g/mol. The maximum Gasteiger partial charge on any atom is 0.257 e. The zero-order chi connectivity index (χ0) is 18.1. The van der Waals surface area contributed by atoms with Gasteiger partial charge < -0.3 is 15.1 Å². The molecule has 26 heavy (non-hydrogen) atoms. The molecule has 8 heteroatoms. The first-order valence-corrected chi connectivity index (χ1v) is 8.37. The summed E-state index contributed by atoms with van der Waals surface area (Å²) in [7, 11) is 0. The summed E-state index contributed by atoms with van der Waals surface area (Å²) in [6.07, 6.45) is 2.99. The Balaban J connectivity index is 1.49. The fourth-order valence-corrected chi connectivity index (χ4v) is 3.23. The molecule has 8 nitrogen and oxygen atoms in total. The van der Waals surface area contributed by atoms with Gasteiger partial charge in [-0.3, -0.25) is 14.4 Å². The number of amides is 3. The Morgan fingerprint density at radius 2 is 1.81 bits per heavy atom. The smallest absolute Gasteiger partial charge is 0.257 e. The van der Waals surface area contributed by atoms with Crippen molar-refractivity contribution in [2.75, 3.05) is 26.2 Å². The summed E-state index contributed by atoms with van der Waals surface area (Å²) < 4.78 is 0. The topological polar surface area (TPSA) is 95.5 Å². The van der Waals surface area contributed by atoms with Gasteiger partial charge in [-0.15, -0.1) is 0 Å². The molecule has 0 unspecified atom stereocenters. The molecule has 132 valence electrons. The van der Waals surface area contributed by atoms with E-state index in [1.54, 1.807) is 4.90 Å². The number of hydrogen-bond acceptors (Lipinski definition) is 5. The van der Waals surface area contributed by atoms with E-state index in [1.807, 2.05) is 30.3 Å². The lowest BCUT2D eigenvalue weighted by Gasteiger charge is -2.42. The molecular formula is C18H17N5O3. The van der Waals surface area contributed by atoms with Crippen molar-refractivity contribution in [2.45, 2.75) is 6.04 Å². The summed E-state index contributed by atoms with van der Waals surface area (Å²) >= 11 is 0. The summed E-state index contributed by atoms with van der Waals surface area (Å²) in [4.78, 5) is 48.3. The van der Waals surface area contributed by atoms with E-state index in [2.05, 4.69) is 15.3 Å². The molecule has 1 aromatic heterocycles. The molecule has 2 saturated heterocycles. The highest BCUT2D eigenvalue weighted by Gasteiger charge is 2.40. The van der Waals surface area contributed by atoms with Crippen LogP contribution in [0.4, 0.5) is 0 Å². The van der Waals surface area contributed by atoms with Crippen molar-refractivity contribution < 1.29 is 14.4 Å². The third-order valence-electron chi connectivity index (χ3n) is 4.64. The third kappa shape index (κ3) is 2.90. The van der Waals surface area contributed by atoms with Crippen LogP contribution in [-0.4, -0.2) is 69.7 Å². The Morgan fingerprint density at radius 1 is 1.08 bits per heavy atom. The number of piperazine rings is 2. The maximum absolute atomic E-state index is 12.7. The van der Waals surface area contributed by atoms with E-state index < -0.39 is 6.04 Å². The fraction of sp³-hybridized carbons (Fsp3) is 0.278. The Labute approximate surface area is 149 Å². The number of rotatable bonds is 2. The Morgan fingerprint density at radius 3 is 2.54 bits per heavy atom. The van der Waals surface area contributed by atoms with E-state index in [0.29, 0.717) is 24.5 Å². The Kier molecular flexibility index (Phi) is 4.08. The number of benzene rings is 1. The summed E-state index contributed by atoms with van der Waals surface area (Å²) in [5, 5.41) is 2.56. The fourth-order valence-electron chi connectivity index (χ4n) is 3.23. The van der Waals surface area contributed by atoms with E-state index in [0.717, 1.165) is 5.56 Å². The molecule has 1 aromatic carbocycles. The van der Waals surface area contributed by atoms with Crippen LogP contribution >= 0.6 is 0 Å². The van der Waals surface area contributed by atoms with E-state index in [1.165, 1.54) is 17.3 Å². The lowest BCUT2D eigenvalue weighted by molar-refractivity contribution is -0.148. The summed E-state index contributed by atoms with van der Waals surface area (Å²) in [6, 6.07) is 8.87. The largest absolute Gasteiger partial charge is 0.345 e. The monoisotopic (exact) mass is 351 g/mol. The van der Waals surface area contributed by atoms with Gasteiger partial charge in [0.05, 0.1) is 18.7 Å². The van der Waals surface area contributed by atoms with E-state index in [4.69, 9.17) is 0 Å². The Hall–Kier alpha value is -3.29. The van der Waals surface area contributed by atoms with Crippen molar-refractivity contribution in [3.63, 3.8) is 0 Å². The van der Waals surface area contributed by atoms with Crippen molar-refractivity contribution in [2.24, 2.45) is 0 Å². The highest BCUT2D eigenvalue weighted by molar-refractivity contribution is 5.97. The minimum Gasteiger partial charge on any atom is -0.345 e. The van der Waals surface area contributed by atoms with Crippen LogP contribution in [0.25, 0.3) is 11.4 Å². The number of fused-ring (bicyclic) bond motifs is 1. The standard InChI is InChI=1S/C18H17N5O3/c24-15-10-21-17(25)14-11-22(6-7-23(14)15)18(26)13-8-19-16(20-9-13)12-4-2-1-3-5-12/h1-5,8-9,14H,6-7,10-11H2,(H,21,25)/t14-/m0/s1. The van der Waals surface area contributed by atoms with Gasteiger partial charge in [0, 0.05) is 31.0 Å². The average Bonchev–Trinajstić information content (AvgIpc) is 2.71. The van der Waals surface area contributed by atoms with Crippen LogP contribution < -0.4 is 5.32 Å². The normalized spacial score (nSPS) is 19.8. The second-order valence-electron chi connectivity index (χ2n) is 6.23. The van der Waals surface area contributed by atoms with E-state index in [9.17, 15) is 14.4 Å². The quantitative estimate of drug-likeness (QED) is 0.817. The van der Waals surface area contributed by atoms with Crippen LogP contribution in [0.5, 0.6) is 0 Å². The summed E-state index contributed by atoms with van der Waals surface area (Å²) in [6.45, 7) is 0.940. The van der Waals surface area contributed by atoms with Crippen molar-refractivity contribution >= 4 is 17.7 Å². The molecule has 2 aliphatic heterocycles. The van der Waals surface area contributed by atoms with Crippen LogP contribution in [0, 0.1) is 0 Å². The lowest BCUT2D eigenvalue weighted by atomic mass is 10.1. The molecule has 0 saturated carbocycles. The van der Waals surface area contributed by atoms with Crippen molar-refractivity contribution in [3.05, 3.63) is 48.3 Å². The number of carbonyl (C=O) groups excluding carboxylic acids is 3. The lowest BCUT2D eigenvalue weighted by Crippen LogP contribution is -2.66. The molecule has 0 radical (unpaired) electrons. The van der Waals surface area contributed by atoms with Gasteiger partial charge in [0.25, 0.3) is 5.91 Å². The van der Waals surface area contributed by atoms with Crippen LogP contribution in [0.2, 0.25) is 0 Å². The molecule has 1 N–H and O–H groups in total. The van der Waals surface area contributed by atoms with Gasteiger partial charge in [-0.05, 0) is 0 Å². The van der Waals surface area contributed by atoms with Crippen LogP contribution in [0.3, 0.4) is 0 Å². The summed E-state index contributed by atoms with van der Waals surface area (Å²) in [5.41, 5.74) is 1.23. The molecule has 0 spiro atoms. The minimum atomic E-state index is -0.626. The van der Waals surface area contributed by atoms with Gasteiger partial charge in [0.2, 0.25) is 11.8 Å². The third-order valence-corrected chi connectivity index (χ3v) is 4.64. The van der Waals surface area contributed by atoms with Gasteiger partial charge in [-0.2, -0.15) is 0 Å². The zero-order valence-electron chi connectivity index (χ0n) is 14.0. The second kappa shape index (κ2) is 6.55. The van der Waals surface area contributed by atoms with Crippen LogP contribution in [0.1, 0.15) is 10.4 Å². The molecule has 2 fully saturated rings. The Bertz CT molecular complexity index is 853. The van der Waals surface area contributed by atoms with Gasteiger partial charge in [0.1, 0.15) is 6.04 Å². The SMILES string of the molecule is O=C1NCC(=O)N2CCN(C(=O)c3cnc(-c4ccccc4)nc3)C[C@@H]12. The predicted octanol–water partition coefficient (Wildman–Crippen LogP) is -0.0736. The molecule has 4 rings (SSSR count). The highest BCUT2D eigenvalue weighted by Crippen LogP contribution is 2.17. The maximum atomic E-state index is 12.7. The zero-order valence-corrected chi connectivity index (χ0v) is 14.0. The van der Waals surface area contributed by atoms with E-state index in [-0.39, 0.29) is 30.8 Å². The van der Waals surface area contributed by atoms with Gasteiger partial charge in [0.15, 0.2) is 5.82 Å². The number of hydrogen-bond donors (Lipinski definition) is 1. The van der Waals surface area contributed by atoms with Crippen LogP contribution in [0.15, 0.2) is 42.7 Å². The molecule has 3 heterocycles. The molecule has 2 aliphatic rings. The molecule has 0 aliphatic carbocycles. The first kappa shape index (κ1) is 16.2. The number of aromatic nitrogens is 2. The number of carbonyl (C=O) groups is 3. The molecule has 2 aromatic rings. The molecule has 1 atom stereocenters. The van der Waals surface area contributed by atoms with Gasteiger partial charge in [-0.1, -0.05) is 30.3 Å². The van der Waals surface area contributed by atoms with Crippen molar-refractivity contribution in [1.82, 2.24) is 25.1 Å². The van der Waals surface area contributed by atoms with Crippen LogP contribution in [-0.2, 0) is 9.59 Å².